The standard InChI is InChI=1S/C18H21N3O4/c22-14-18(11-15-5-2-1-3-6-15)13-21(9-10-25-18)16(23)12-24-17-19-7-4-8-20-17/h1-8,22H,9-14H2/t18-/m1/s1. The summed E-state index contributed by atoms with van der Waals surface area (Å²) in [5.41, 5.74) is 0.262. The highest BCUT2D eigenvalue weighted by molar-refractivity contribution is 5.77. The van der Waals surface area contributed by atoms with Crippen LogP contribution in [0.3, 0.4) is 0 Å². The Kier molecular flexibility index (Phi) is 5.57. The Morgan fingerprint density at radius 3 is 2.72 bits per heavy atom. The summed E-state index contributed by atoms with van der Waals surface area (Å²) in [6.45, 7) is 0.858. The molecule has 1 N–H and O–H groups in total. The number of benzene rings is 1. The lowest BCUT2D eigenvalue weighted by atomic mass is 9.93. The number of aliphatic hydroxyl groups excluding tert-OH is 1. The lowest BCUT2D eigenvalue weighted by molar-refractivity contribution is -0.159. The summed E-state index contributed by atoms with van der Waals surface area (Å²) in [7, 11) is 0. The first-order valence-corrected chi connectivity index (χ1v) is 8.17. The van der Waals surface area contributed by atoms with E-state index >= 15 is 0 Å². The summed E-state index contributed by atoms with van der Waals surface area (Å²) >= 11 is 0. The molecule has 1 amide bonds. The second-order valence-electron chi connectivity index (χ2n) is 5.99. The van der Waals surface area contributed by atoms with E-state index in [9.17, 15) is 9.90 Å². The smallest absolute Gasteiger partial charge is 0.316 e. The van der Waals surface area contributed by atoms with E-state index in [0.29, 0.717) is 26.1 Å². The number of hydrogen-bond donors (Lipinski definition) is 1. The summed E-state index contributed by atoms with van der Waals surface area (Å²) in [5, 5.41) is 9.90. The van der Waals surface area contributed by atoms with Crippen LogP contribution in [0.15, 0.2) is 48.8 Å². The van der Waals surface area contributed by atoms with Gasteiger partial charge in [-0.3, -0.25) is 4.79 Å². The van der Waals surface area contributed by atoms with Gasteiger partial charge in [0.05, 0.1) is 19.8 Å². The normalized spacial score (nSPS) is 20.3. The summed E-state index contributed by atoms with van der Waals surface area (Å²) in [6, 6.07) is 11.6. The summed E-state index contributed by atoms with van der Waals surface area (Å²) in [5.74, 6) is -0.179. The lowest BCUT2D eigenvalue weighted by Crippen LogP contribution is -2.57. The Hall–Kier alpha value is -2.51. The van der Waals surface area contributed by atoms with Gasteiger partial charge in [-0.15, -0.1) is 0 Å². The molecule has 1 aliphatic heterocycles. The van der Waals surface area contributed by atoms with E-state index in [2.05, 4.69) is 9.97 Å². The number of ether oxygens (including phenoxy) is 2. The highest BCUT2D eigenvalue weighted by Gasteiger charge is 2.38. The number of carbonyl (C=O) groups excluding carboxylic acids is 1. The van der Waals surface area contributed by atoms with E-state index in [-0.39, 0.29) is 25.1 Å². The number of morpholine rings is 1. The minimum Gasteiger partial charge on any atom is -0.453 e. The summed E-state index contributed by atoms with van der Waals surface area (Å²) in [4.78, 5) is 21.9. The molecule has 1 fully saturated rings. The maximum atomic E-state index is 12.4. The van der Waals surface area contributed by atoms with Crippen LogP contribution in [0.4, 0.5) is 0 Å². The topological polar surface area (TPSA) is 84.8 Å². The number of amides is 1. The number of nitrogens with zero attached hydrogens (tertiary/aromatic N) is 3. The summed E-state index contributed by atoms with van der Waals surface area (Å²) < 4.78 is 11.2. The first kappa shape index (κ1) is 17.3. The zero-order chi connectivity index (χ0) is 17.5. The van der Waals surface area contributed by atoms with E-state index in [1.165, 1.54) is 0 Å². The van der Waals surface area contributed by atoms with Crippen molar-refractivity contribution in [2.24, 2.45) is 0 Å². The van der Waals surface area contributed by atoms with Gasteiger partial charge in [-0.05, 0) is 11.6 Å². The second-order valence-corrected chi connectivity index (χ2v) is 5.99. The quantitative estimate of drug-likeness (QED) is 0.831. The molecule has 132 valence electrons. The van der Waals surface area contributed by atoms with E-state index in [1.54, 1.807) is 23.4 Å². The van der Waals surface area contributed by atoms with Crippen molar-refractivity contribution in [3.8, 4) is 6.01 Å². The van der Waals surface area contributed by atoms with Gasteiger partial charge in [-0.25, -0.2) is 9.97 Å². The molecule has 0 saturated carbocycles. The van der Waals surface area contributed by atoms with E-state index < -0.39 is 5.60 Å². The van der Waals surface area contributed by atoms with Crippen LogP contribution in [0.1, 0.15) is 5.56 Å². The fraction of sp³-hybridized carbons (Fsp3) is 0.389. The molecular formula is C18H21N3O4. The van der Waals surface area contributed by atoms with Gasteiger partial charge in [0, 0.05) is 25.4 Å². The minimum atomic E-state index is -0.793. The molecule has 25 heavy (non-hydrogen) atoms. The van der Waals surface area contributed by atoms with E-state index in [1.807, 2.05) is 30.3 Å². The van der Waals surface area contributed by atoms with Crippen molar-refractivity contribution in [2.75, 3.05) is 32.9 Å². The van der Waals surface area contributed by atoms with Crippen LogP contribution in [-0.2, 0) is 16.0 Å². The molecule has 7 heteroatoms. The molecule has 1 atom stereocenters. The van der Waals surface area contributed by atoms with Crippen molar-refractivity contribution in [2.45, 2.75) is 12.0 Å². The molecule has 0 radical (unpaired) electrons. The second kappa shape index (κ2) is 8.04. The van der Waals surface area contributed by atoms with Gasteiger partial charge in [0.25, 0.3) is 5.91 Å². The van der Waals surface area contributed by atoms with Gasteiger partial charge in [0.2, 0.25) is 0 Å². The molecule has 7 nitrogen and oxygen atoms in total. The number of aliphatic hydroxyl groups is 1. The number of hydrogen-bond acceptors (Lipinski definition) is 6. The Morgan fingerprint density at radius 2 is 2.00 bits per heavy atom. The molecule has 2 aromatic rings. The zero-order valence-corrected chi connectivity index (χ0v) is 13.9. The monoisotopic (exact) mass is 343 g/mol. The van der Waals surface area contributed by atoms with Crippen LogP contribution in [0.25, 0.3) is 0 Å². The van der Waals surface area contributed by atoms with Crippen molar-refractivity contribution >= 4 is 5.91 Å². The van der Waals surface area contributed by atoms with Crippen molar-refractivity contribution in [1.82, 2.24) is 14.9 Å². The van der Waals surface area contributed by atoms with Crippen molar-refractivity contribution in [3.05, 3.63) is 54.4 Å². The molecular weight excluding hydrogens is 322 g/mol. The van der Waals surface area contributed by atoms with Crippen LogP contribution in [0.2, 0.25) is 0 Å². The Labute approximate surface area is 146 Å². The molecule has 0 spiro atoms. The predicted octanol–water partition coefficient (Wildman–Crippen LogP) is 0.688. The molecule has 1 aromatic carbocycles. The Bertz CT molecular complexity index is 683. The molecule has 1 aromatic heterocycles. The third-order valence-electron chi connectivity index (χ3n) is 4.13. The van der Waals surface area contributed by atoms with Gasteiger partial charge in [0.15, 0.2) is 6.61 Å². The molecule has 0 aliphatic carbocycles. The van der Waals surface area contributed by atoms with Gasteiger partial charge in [-0.1, -0.05) is 30.3 Å². The van der Waals surface area contributed by atoms with Crippen molar-refractivity contribution in [3.63, 3.8) is 0 Å². The van der Waals surface area contributed by atoms with Gasteiger partial charge in [-0.2, -0.15) is 0 Å². The average Bonchev–Trinajstić information content (AvgIpc) is 2.68. The third kappa shape index (κ3) is 4.52. The molecule has 1 aliphatic rings. The molecule has 0 unspecified atom stereocenters. The van der Waals surface area contributed by atoms with Gasteiger partial charge in [0.1, 0.15) is 5.60 Å². The third-order valence-corrected chi connectivity index (χ3v) is 4.13. The van der Waals surface area contributed by atoms with Crippen LogP contribution in [0, 0.1) is 0 Å². The van der Waals surface area contributed by atoms with Gasteiger partial charge < -0.3 is 19.5 Å². The highest BCUT2D eigenvalue weighted by atomic mass is 16.5. The van der Waals surface area contributed by atoms with Crippen molar-refractivity contribution < 1.29 is 19.4 Å². The first-order chi connectivity index (χ1) is 12.2. The van der Waals surface area contributed by atoms with Crippen LogP contribution in [0.5, 0.6) is 6.01 Å². The zero-order valence-electron chi connectivity index (χ0n) is 13.9. The number of carbonyl (C=O) groups is 1. The lowest BCUT2D eigenvalue weighted by Gasteiger charge is -2.41. The van der Waals surface area contributed by atoms with Crippen LogP contribution in [-0.4, -0.2) is 64.4 Å². The molecule has 1 saturated heterocycles. The number of aromatic nitrogens is 2. The SMILES string of the molecule is O=C(COc1ncccn1)N1CCO[C@](CO)(Cc2ccccc2)C1. The van der Waals surface area contributed by atoms with E-state index in [4.69, 9.17) is 9.47 Å². The fourth-order valence-electron chi connectivity index (χ4n) is 2.86. The summed E-state index contributed by atoms with van der Waals surface area (Å²) in [6.07, 6.45) is 3.65. The minimum absolute atomic E-state index is 0.142. The Morgan fingerprint density at radius 1 is 1.24 bits per heavy atom. The van der Waals surface area contributed by atoms with E-state index in [0.717, 1.165) is 5.56 Å². The highest BCUT2D eigenvalue weighted by Crippen LogP contribution is 2.23. The first-order valence-electron chi connectivity index (χ1n) is 8.17. The largest absolute Gasteiger partial charge is 0.453 e. The van der Waals surface area contributed by atoms with Crippen LogP contribution >= 0.6 is 0 Å². The predicted molar refractivity (Wildman–Crippen MR) is 90.0 cm³/mol. The molecule has 2 heterocycles. The maximum Gasteiger partial charge on any atom is 0.316 e. The van der Waals surface area contributed by atoms with Crippen LogP contribution < -0.4 is 4.74 Å². The van der Waals surface area contributed by atoms with Crippen molar-refractivity contribution in [1.29, 1.82) is 0 Å². The maximum absolute atomic E-state index is 12.4. The molecule has 3 rings (SSSR count). The molecule has 0 bridgehead atoms. The average molecular weight is 343 g/mol. The number of rotatable bonds is 6. The van der Waals surface area contributed by atoms with Gasteiger partial charge >= 0.3 is 6.01 Å². The fourth-order valence-corrected chi connectivity index (χ4v) is 2.86. The Balaban J connectivity index is 1.61.